The number of aromatic nitrogens is 3. The number of hydrogen-bond donors (Lipinski definition) is 2. The second kappa shape index (κ2) is 9.95. The van der Waals surface area contributed by atoms with Crippen LogP contribution in [0.2, 0.25) is 5.15 Å². The topological polar surface area (TPSA) is 83.0 Å². The Kier molecular flexibility index (Phi) is 6.75. The molecular weight excluding hydrogens is 528 g/mol. The lowest BCUT2D eigenvalue weighted by Gasteiger charge is -2.30. The van der Waals surface area contributed by atoms with Gasteiger partial charge < -0.3 is 15.5 Å². The minimum Gasteiger partial charge on any atom is -0.362 e. The summed E-state index contributed by atoms with van der Waals surface area (Å²) in [4.78, 5) is 29.0. The molecule has 4 aromatic rings. The Morgan fingerprint density at radius 1 is 0.943 bits per heavy atom. The molecule has 0 atom stereocenters. The van der Waals surface area contributed by atoms with E-state index in [9.17, 15) is 4.79 Å². The van der Waals surface area contributed by atoms with Gasteiger partial charge in [-0.1, -0.05) is 39.7 Å². The molecule has 1 aliphatic rings. The molecule has 0 bridgehead atoms. The molecule has 1 amide bonds. The van der Waals surface area contributed by atoms with Gasteiger partial charge in [0.15, 0.2) is 0 Å². The maximum Gasteiger partial charge on any atom is 0.252 e. The molecule has 2 aromatic carbocycles. The van der Waals surface area contributed by atoms with Crippen molar-refractivity contribution in [2.45, 2.75) is 37.8 Å². The monoisotopic (exact) mass is 552 g/mol. The van der Waals surface area contributed by atoms with Gasteiger partial charge in [-0.25, -0.2) is 9.97 Å². The van der Waals surface area contributed by atoms with E-state index in [1.165, 1.54) is 0 Å². The van der Waals surface area contributed by atoms with Crippen molar-refractivity contribution < 1.29 is 4.79 Å². The van der Waals surface area contributed by atoms with E-state index in [4.69, 9.17) is 21.6 Å². The number of carbonyl (C=O) groups excluding carboxylic acids is 1. The molecule has 0 unspecified atom stereocenters. The molecule has 1 aliphatic carbocycles. The van der Waals surface area contributed by atoms with Gasteiger partial charge in [-0.15, -0.1) is 0 Å². The Balaban J connectivity index is 1.25. The molecule has 1 fully saturated rings. The second-order valence-electron chi connectivity index (χ2n) is 9.10. The number of benzene rings is 2. The number of nitrogens with one attached hydrogen (secondary N) is 2. The van der Waals surface area contributed by atoms with E-state index in [0.29, 0.717) is 22.2 Å². The highest BCUT2D eigenvalue weighted by atomic mass is 79.9. The van der Waals surface area contributed by atoms with Crippen LogP contribution in [0.4, 0.5) is 11.8 Å². The third kappa shape index (κ3) is 5.18. The quantitative estimate of drug-likeness (QED) is 0.303. The molecule has 2 N–H and O–H groups in total. The number of carbonyl (C=O) groups is 1. The van der Waals surface area contributed by atoms with Gasteiger partial charge in [0.25, 0.3) is 5.91 Å². The van der Waals surface area contributed by atoms with Crippen molar-refractivity contribution >= 4 is 67.0 Å². The van der Waals surface area contributed by atoms with Gasteiger partial charge in [-0.2, -0.15) is 4.98 Å². The van der Waals surface area contributed by atoms with E-state index in [1.807, 2.05) is 61.5 Å². The maximum atomic E-state index is 13.1. The van der Waals surface area contributed by atoms with Gasteiger partial charge in [0.05, 0.1) is 16.6 Å². The number of pyridine rings is 1. The average molecular weight is 554 g/mol. The number of fused-ring (bicyclic) bond motifs is 2. The highest BCUT2D eigenvalue weighted by Crippen LogP contribution is 2.28. The number of rotatable bonds is 5. The first kappa shape index (κ1) is 23.8. The fourth-order valence-electron chi connectivity index (χ4n) is 4.65. The van der Waals surface area contributed by atoms with Gasteiger partial charge in [0.2, 0.25) is 5.95 Å². The van der Waals surface area contributed by atoms with E-state index in [1.54, 1.807) is 6.07 Å². The predicted octanol–water partition coefficient (Wildman–Crippen LogP) is 5.81. The second-order valence-corrected chi connectivity index (χ2v) is 10.4. The first-order valence-electron chi connectivity index (χ1n) is 11.6. The number of para-hydroxylation sites is 1. The zero-order valence-electron chi connectivity index (χ0n) is 19.6. The summed E-state index contributed by atoms with van der Waals surface area (Å²) < 4.78 is 0.892. The number of amides is 1. The molecule has 9 heteroatoms. The van der Waals surface area contributed by atoms with Gasteiger partial charge in [-0.05, 0) is 62.1 Å². The Bertz CT molecular complexity index is 1400. The summed E-state index contributed by atoms with van der Waals surface area (Å²) in [7, 11) is 3.98. The molecule has 0 aliphatic heterocycles. The summed E-state index contributed by atoms with van der Waals surface area (Å²) in [5.74, 6) is 1.42. The van der Waals surface area contributed by atoms with Crippen LogP contribution in [-0.2, 0) is 0 Å². The average Bonchev–Trinajstić information content (AvgIpc) is 2.84. The van der Waals surface area contributed by atoms with Crippen LogP contribution >= 0.6 is 27.5 Å². The lowest BCUT2D eigenvalue weighted by atomic mass is 9.91. The van der Waals surface area contributed by atoms with E-state index >= 15 is 0 Å². The number of nitrogens with zero attached hydrogens (tertiary/aromatic N) is 4. The van der Waals surface area contributed by atoms with Crippen LogP contribution in [-0.4, -0.2) is 47.0 Å². The summed E-state index contributed by atoms with van der Waals surface area (Å²) in [5.41, 5.74) is 2.16. The lowest BCUT2D eigenvalue weighted by molar-refractivity contribution is 0.0928. The highest BCUT2D eigenvalue weighted by Gasteiger charge is 2.24. The van der Waals surface area contributed by atoms with Crippen LogP contribution in [0.15, 0.2) is 53.0 Å². The zero-order valence-corrected chi connectivity index (χ0v) is 21.9. The van der Waals surface area contributed by atoms with Crippen LogP contribution < -0.4 is 15.5 Å². The normalized spacial score (nSPS) is 17.9. The predicted molar refractivity (Wildman–Crippen MR) is 145 cm³/mol. The third-order valence-corrected chi connectivity index (χ3v) is 7.07. The standard InChI is InChI=1S/C26H26BrClN6O/c1-34(2)24-18-5-3-4-6-21(18)32-26(33-24)30-17-10-8-16(9-11-17)29-25(35)20-14-23(28)31-22-12-7-15(27)13-19(20)22/h3-7,12-14,16-17H,8-11H2,1-2H3,(H,29,35)(H,30,32,33)/t16-,17+. The maximum absolute atomic E-state index is 13.1. The Hall–Kier alpha value is -2.97. The fraction of sp³-hybridized carbons (Fsp3) is 0.308. The minimum atomic E-state index is -0.123. The van der Waals surface area contributed by atoms with E-state index in [0.717, 1.165) is 52.3 Å². The SMILES string of the molecule is CN(C)c1nc(N[C@H]2CC[C@@H](NC(=O)c3cc(Cl)nc4ccc(Br)cc34)CC2)nc2ccccc12. The van der Waals surface area contributed by atoms with Gasteiger partial charge in [0.1, 0.15) is 11.0 Å². The molecule has 5 rings (SSSR count). The van der Waals surface area contributed by atoms with E-state index < -0.39 is 0 Å². The third-order valence-electron chi connectivity index (χ3n) is 6.39. The van der Waals surface area contributed by atoms with Crippen molar-refractivity contribution in [1.29, 1.82) is 0 Å². The van der Waals surface area contributed by atoms with E-state index in [2.05, 4.69) is 31.5 Å². The van der Waals surface area contributed by atoms with Crippen molar-refractivity contribution in [3.8, 4) is 0 Å². The number of hydrogen-bond acceptors (Lipinski definition) is 6. The van der Waals surface area contributed by atoms with Crippen LogP contribution in [0.3, 0.4) is 0 Å². The molecule has 0 radical (unpaired) electrons. The van der Waals surface area contributed by atoms with Gasteiger partial charge >= 0.3 is 0 Å². The van der Waals surface area contributed by atoms with Crippen molar-refractivity contribution in [2.24, 2.45) is 0 Å². The molecule has 35 heavy (non-hydrogen) atoms. The Morgan fingerprint density at radius 3 is 2.43 bits per heavy atom. The first-order chi connectivity index (χ1) is 16.9. The Labute approximate surface area is 217 Å². The van der Waals surface area contributed by atoms with Crippen LogP contribution in [0, 0.1) is 0 Å². The van der Waals surface area contributed by atoms with Crippen molar-refractivity contribution in [2.75, 3.05) is 24.3 Å². The molecular formula is C26H26BrClN6O. The van der Waals surface area contributed by atoms with Gasteiger partial charge in [-0.3, -0.25) is 4.79 Å². The molecule has 0 saturated heterocycles. The molecule has 2 aromatic heterocycles. The zero-order chi connectivity index (χ0) is 24.5. The van der Waals surface area contributed by atoms with Crippen molar-refractivity contribution in [3.63, 3.8) is 0 Å². The highest BCUT2D eigenvalue weighted by molar-refractivity contribution is 9.10. The largest absolute Gasteiger partial charge is 0.362 e. The molecule has 1 saturated carbocycles. The summed E-state index contributed by atoms with van der Waals surface area (Å²) in [5, 5.41) is 8.84. The van der Waals surface area contributed by atoms with Crippen molar-refractivity contribution in [3.05, 3.63) is 63.7 Å². The number of halogens is 2. The lowest BCUT2D eigenvalue weighted by Crippen LogP contribution is -2.40. The Morgan fingerprint density at radius 2 is 1.66 bits per heavy atom. The summed E-state index contributed by atoms with van der Waals surface area (Å²) in [6.07, 6.45) is 3.58. The fourth-order valence-corrected chi connectivity index (χ4v) is 5.21. The summed E-state index contributed by atoms with van der Waals surface area (Å²) in [6, 6.07) is 15.7. The van der Waals surface area contributed by atoms with Crippen LogP contribution in [0.1, 0.15) is 36.0 Å². The molecule has 7 nitrogen and oxygen atoms in total. The molecule has 0 spiro atoms. The minimum absolute atomic E-state index is 0.101. The molecule has 180 valence electrons. The first-order valence-corrected chi connectivity index (χ1v) is 12.8. The number of anilines is 2. The van der Waals surface area contributed by atoms with Crippen molar-refractivity contribution in [1.82, 2.24) is 20.3 Å². The van der Waals surface area contributed by atoms with Crippen LogP contribution in [0.25, 0.3) is 21.8 Å². The molecule has 2 heterocycles. The summed E-state index contributed by atoms with van der Waals surface area (Å²) in [6.45, 7) is 0. The smallest absolute Gasteiger partial charge is 0.252 e. The summed E-state index contributed by atoms with van der Waals surface area (Å²) >= 11 is 9.67. The van der Waals surface area contributed by atoms with E-state index in [-0.39, 0.29) is 18.0 Å². The van der Waals surface area contributed by atoms with Gasteiger partial charge in [0, 0.05) is 41.4 Å². The van der Waals surface area contributed by atoms with Crippen LogP contribution in [0.5, 0.6) is 0 Å².